The summed E-state index contributed by atoms with van der Waals surface area (Å²) in [6.07, 6.45) is 1.76. The van der Waals surface area contributed by atoms with Crippen LogP contribution in [0.15, 0.2) is 36.7 Å². The van der Waals surface area contributed by atoms with Crippen LogP contribution in [0.5, 0.6) is 5.88 Å². The Kier molecular flexibility index (Phi) is 3.43. The van der Waals surface area contributed by atoms with Crippen molar-refractivity contribution in [2.45, 2.75) is 19.9 Å². The lowest BCUT2D eigenvalue weighted by Crippen LogP contribution is -2.04. The van der Waals surface area contributed by atoms with Crippen molar-refractivity contribution in [2.24, 2.45) is 0 Å². The van der Waals surface area contributed by atoms with Gasteiger partial charge in [-0.2, -0.15) is 9.97 Å². The molecule has 0 atom stereocenters. The zero-order valence-corrected chi connectivity index (χ0v) is 12.2. The Bertz CT molecular complexity index is 751. The molecule has 6 heteroatoms. The van der Waals surface area contributed by atoms with Crippen molar-refractivity contribution in [3.63, 3.8) is 0 Å². The molecule has 21 heavy (non-hydrogen) atoms. The first kappa shape index (κ1) is 13.4. The average Bonchev–Trinajstić information content (AvgIpc) is 2.91. The standard InChI is InChI=1S/C15H17N5O/c1-10(2)20-9-16-12-13(20)18-15(19-14(12)21-3)17-11-7-5-4-6-8-11/h4-10H,1-3H3,(H,17,18,19). The van der Waals surface area contributed by atoms with E-state index < -0.39 is 0 Å². The normalized spacial score (nSPS) is 11.0. The maximum atomic E-state index is 5.33. The smallest absolute Gasteiger partial charge is 0.246 e. The zero-order valence-electron chi connectivity index (χ0n) is 12.2. The summed E-state index contributed by atoms with van der Waals surface area (Å²) in [6, 6.07) is 10.1. The Balaban J connectivity index is 2.09. The van der Waals surface area contributed by atoms with Gasteiger partial charge in [0.05, 0.1) is 13.4 Å². The number of benzene rings is 1. The van der Waals surface area contributed by atoms with Crippen LogP contribution < -0.4 is 10.1 Å². The van der Waals surface area contributed by atoms with Gasteiger partial charge in [-0.05, 0) is 26.0 Å². The molecule has 0 bridgehead atoms. The minimum Gasteiger partial charge on any atom is -0.479 e. The van der Waals surface area contributed by atoms with E-state index in [-0.39, 0.29) is 6.04 Å². The number of ether oxygens (including phenoxy) is 1. The van der Waals surface area contributed by atoms with E-state index in [1.165, 1.54) is 0 Å². The zero-order chi connectivity index (χ0) is 14.8. The molecular weight excluding hydrogens is 266 g/mol. The molecule has 3 aromatic rings. The number of imidazole rings is 1. The summed E-state index contributed by atoms with van der Waals surface area (Å²) in [6.45, 7) is 4.17. The van der Waals surface area contributed by atoms with E-state index in [1.54, 1.807) is 13.4 Å². The van der Waals surface area contributed by atoms with Crippen LogP contribution in [0.3, 0.4) is 0 Å². The number of anilines is 2. The number of nitrogens with zero attached hydrogens (tertiary/aromatic N) is 4. The molecule has 0 saturated carbocycles. The summed E-state index contributed by atoms with van der Waals surface area (Å²) in [5, 5.41) is 3.18. The van der Waals surface area contributed by atoms with Crippen molar-refractivity contribution in [3.8, 4) is 5.88 Å². The van der Waals surface area contributed by atoms with E-state index in [0.29, 0.717) is 17.3 Å². The summed E-state index contributed by atoms with van der Waals surface area (Å²) in [5.74, 6) is 0.964. The van der Waals surface area contributed by atoms with E-state index >= 15 is 0 Å². The molecule has 6 nitrogen and oxygen atoms in total. The summed E-state index contributed by atoms with van der Waals surface area (Å²) < 4.78 is 7.33. The van der Waals surface area contributed by atoms with Crippen molar-refractivity contribution < 1.29 is 4.74 Å². The quantitative estimate of drug-likeness (QED) is 0.796. The number of methoxy groups -OCH3 is 1. The van der Waals surface area contributed by atoms with E-state index in [4.69, 9.17) is 4.74 Å². The SMILES string of the molecule is COc1nc(Nc2ccccc2)nc2c1ncn2C(C)C. The highest BCUT2D eigenvalue weighted by Gasteiger charge is 2.15. The second-order valence-corrected chi connectivity index (χ2v) is 4.97. The number of rotatable bonds is 4. The molecule has 2 aromatic heterocycles. The molecule has 0 unspecified atom stereocenters. The first-order chi connectivity index (χ1) is 10.2. The molecule has 0 aliphatic carbocycles. The van der Waals surface area contributed by atoms with E-state index in [0.717, 1.165) is 11.3 Å². The van der Waals surface area contributed by atoms with Gasteiger partial charge in [-0.25, -0.2) is 4.98 Å². The van der Waals surface area contributed by atoms with Gasteiger partial charge in [-0.15, -0.1) is 0 Å². The number of hydrogen-bond donors (Lipinski definition) is 1. The lowest BCUT2D eigenvalue weighted by molar-refractivity contribution is 0.402. The lowest BCUT2D eigenvalue weighted by atomic mass is 10.3. The summed E-state index contributed by atoms with van der Waals surface area (Å²) >= 11 is 0. The maximum absolute atomic E-state index is 5.33. The third-order valence-corrected chi connectivity index (χ3v) is 3.17. The molecule has 3 rings (SSSR count). The van der Waals surface area contributed by atoms with Gasteiger partial charge >= 0.3 is 0 Å². The monoisotopic (exact) mass is 283 g/mol. The van der Waals surface area contributed by atoms with Crippen molar-refractivity contribution in [1.82, 2.24) is 19.5 Å². The molecule has 0 radical (unpaired) electrons. The van der Waals surface area contributed by atoms with Crippen LogP contribution in [0, 0.1) is 0 Å². The highest BCUT2D eigenvalue weighted by atomic mass is 16.5. The van der Waals surface area contributed by atoms with Crippen LogP contribution in [-0.4, -0.2) is 26.6 Å². The van der Waals surface area contributed by atoms with Gasteiger partial charge in [0.25, 0.3) is 0 Å². The molecule has 0 spiro atoms. The predicted octanol–water partition coefficient (Wildman–Crippen LogP) is 3.16. The number of fused-ring (bicyclic) bond motifs is 1. The first-order valence-corrected chi connectivity index (χ1v) is 6.79. The molecule has 0 amide bonds. The Labute approximate surface area is 122 Å². The summed E-state index contributed by atoms with van der Waals surface area (Å²) in [5.41, 5.74) is 2.36. The first-order valence-electron chi connectivity index (χ1n) is 6.79. The van der Waals surface area contributed by atoms with Crippen molar-refractivity contribution in [2.75, 3.05) is 12.4 Å². The highest BCUT2D eigenvalue weighted by Crippen LogP contribution is 2.25. The highest BCUT2D eigenvalue weighted by molar-refractivity contribution is 5.78. The average molecular weight is 283 g/mol. The van der Waals surface area contributed by atoms with Crippen LogP contribution >= 0.6 is 0 Å². The van der Waals surface area contributed by atoms with Crippen molar-refractivity contribution in [1.29, 1.82) is 0 Å². The third kappa shape index (κ3) is 2.52. The van der Waals surface area contributed by atoms with Crippen molar-refractivity contribution >= 4 is 22.8 Å². The van der Waals surface area contributed by atoms with Gasteiger partial charge < -0.3 is 14.6 Å². The number of para-hydroxylation sites is 1. The van der Waals surface area contributed by atoms with Gasteiger partial charge in [-0.1, -0.05) is 18.2 Å². The number of aromatic nitrogens is 4. The Hall–Kier alpha value is -2.63. The Morgan fingerprint density at radius 1 is 1.14 bits per heavy atom. The third-order valence-electron chi connectivity index (χ3n) is 3.17. The molecule has 0 aliphatic heterocycles. The largest absolute Gasteiger partial charge is 0.479 e. The van der Waals surface area contributed by atoms with Gasteiger partial charge in [0.15, 0.2) is 11.2 Å². The topological polar surface area (TPSA) is 64.9 Å². The lowest BCUT2D eigenvalue weighted by Gasteiger charge is -2.10. The molecule has 0 saturated heterocycles. The van der Waals surface area contributed by atoms with Crippen LogP contribution in [0.1, 0.15) is 19.9 Å². The molecule has 108 valence electrons. The molecule has 0 aliphatic rings. The fourth-order valence-electron chi connectivity index (χ4n) is 2.12. The number of hydrogen-bond acceptors (Lipinski definition) is 5. The minimum absolute atomic E-state index is 0.263. The fraction of sp³-hybridized carbons (Fsp3) is 0.267. The maximum Gasteiger partial charge on any atom is 0.246 e. The van der Waals surface area contributed by atoms with Crippen LogP contribution in [-0.2, 0) is 0 Å². The van der Waals surface area contributed by atoms with E-state index in [2.05, 4.69) is 34.1 Å². The number of nitrogens with one attached hydrogen (secondary N) is 1. The Morgan fingerprint density at radius 2 is 1.90 bits per heavy atom. The van der Waals surface area contributed by atoms with E-state index in [1.807, 2.05) is 34.9 Å². The Morgan fingerprint density at radius 3 is 2.57 bits per heavy atom. The molecule has 1 aromatic carbocycles. The molecule has 2 heterocycles. The van der Waals surface area contributed by atoms with Gasteiger partial charge in [0.1, 0.15) is 0 Å². The summed E-state index contributed by atoms with van der Waals surface area (Å²) in [7, 11) is 1.59. The molecule has 0 fully saturated rings. The van der Waals surface area contributed by atoms with Gasteiger partial charge in [0, 0.05) is 11.7 Å². The molecular formula is C15H17N5O. The second-order valence-electron chi connectivity index (χ2n) is 4.97. The van der Waals surface area contributed by atoms with Crippen LogP contribution in [0.25, 0.3) is 11.2 Å². The summed E-state index contributed by atoms with van der Waals surface area (Å²) in [4.78, 5) is 13.3. The minimum atomic E-state index is 0.263. The van der Waals surface area contributed by atoms with Crippen LogP contribution in [0.2, 0.25) is 0 Å². The second kappa shape index (κ2) is 5.40. The van der Waals surface area contributed by atoms with Crippen molar-refractivity contribution in [3.05, 3.63) is 36.7 Å². The fourth-order valence-corrected chi connectivity index (χ4v) is 2.12. The van der Waals surface area contributed by atoms with Gasteiger partial charge in [0.2, 0.25) is 11.8 Å². The van der Waals surface area contributed by atoms with E-state index in [9.17, 15) is 0 Å². The van der Waals surface area contributed by atoms with Crippen LogP contribution in [0.4, 0.5) is 11.6 Å². The van der Waals surface area contributed by atoms with Gasteiger partial charge in [-0.3, -0.25) is 0 Å². The predicted molar refractivity (Wildman–Crippen MR) is 82.0 cm³/mol. The molecule has 1 N–H and O–H groups in total.